The lowest BCUT2D eigenvalue weighted by atomic mass is 9.90. The van der Waals surface area contributed by atoms with Crippen molar-refractivity contribution < 1.29 is 4.42 Å². The second-order valence-corrected chi connectivity index (χ2v) is 6.51. The fourth-order valence-electron chi connectivity index (χ4n) is 3.65. The average molecular weight is 276 g/mol. The molecule has 0 amide bonds. The van der Waals surface area contributed by atoms with E-state index < -0.39 is 0 Å². The highest BCUT2D eigenvalue weighted by molar-refractivity contribution is 5.07. The van der Waals surface area contributed by atoms with Crippen molar-refractivity contribution >= 4 is 0 Å². The number of rotatable bonds is 2. The van der Waals surface area contributed by atoms with Crippen LogP contribution in [0.25, 0.3) is 0 Å². The van der Waals surface area contributed by atoms with Gasteiger partial charge in [-0.1, -0.05) is 44.9 Å². The van der Waals surface area contributed by atoms with Crippen molar-refractivity contribution in [2.45, 2.75) is 82.6 Å². The quantitative estimate of drug-likeness (QED) is 0.850. The highest BCUT2D eigenvalue weighted by atomic mass is 16.3. The highest BCUT2D eigenvalue weighted by Gasteiger charge is 2.23. The van der Waals surface area contributed by atoms with Gasteiger partial charge in [-0.3, -0.25) is 0 Å². The van der Waals surface area contributed by atoms with Gasteiger partial charge in [-0.05, 0) is 32.2 Å². The molecule has 0 aromatic carbocycles. The third-order valence-corrected chi connectivity index (χ3v) is 4.92. The molecule has 0 bridgehead atoms. The zero-order valence-corrected chi connectivity index (χ0v) is 12.6. The molecule has 1 atom stereocenters. The summed E-state index contributed by atoms with van der Waals surface area (Å²) in [6.45, 7) is 1.10. The topological polar surface area (TPSA) is 38.1 Å². The van der Waals surface area contributed by atoms with Crippen LogP contribution < -0.4 is 5.32 Å². The van der Waals surface area contributed by atoms with Gasteiger partial charge < -0.3 is 9.73 Å². The summed E-state index contributed by atoms with van der Waals surface area (Å²) in [5.41, 5.74) is 1.22. The van der Waals surface area contributed by atoms with E-state index in [-0.39, 0.29) is 0 Å². The second-order valence-electron chi connectivity index (χ2n) is 6.51. The number of oxazole rings is 1. The fourth-order valence-corrected chi connectivity index (χ4v) is 3.65. The summed E-state index contributed by atoms with van der Waals surface area (Å²) in [6.07, 6.45) is 16.7. The number of hydrogen-bond acceptors (Lipinski definition) is 3. The molecule has 2 heterocycles. The van der Waals surface area contributed by atoms with Gasteiger partial charge in [-0.2, -0.15) is 0 Å². The molecule has 1 N–H and O–H groups in total. The zero-order chi connectivity index (χ0) is 13.6. The molecule has 20 heavy (non-hydrogen) atoms. The Morgan fingerprint density at radius 3 is 2.25 bits per heavy atom. The van der Waals surface area contributed by atoms with Crippen LogP contribution in [0.5, 0.6) is 0 Å². The molecule has 1 aromatic rings. The maximum absolute atomic E-state index is 5.76. The standard InChI is InChI=1S/C17H28N2O/c1-2-4-6-9-14(10-7-5-3-1)16-13-20-17(19-16)15-11-8-12-18-15/h13-15,18H,1-12H2. The van der Waals surface area contributed by atoms with Gasteiger partial charge >= 0.3 is 0 Å². The SMILES string of the molecule is c1oc(C2CCCN2)nc1C1CCCCCCCCC1. The Morgan fingerprint density at radius 1 is 0.900 bits per heavy atom. The molecule has 1 saturated heterocycles. The van der Waals surface area contributed by atoms with Gasteiger partial charge in [0.05, 0.1) is 11.7 Å². The summed E-state index contributed by atoms with van der Waals surface area (Å²) < 4.78 is 5.76. The first-order valence-electron chi connectivity index (χ1n) is 8.62. The molecule has 2 aliphatic rings. The van der Waals surface area contributed by atoms with Crippen molar-refractivity contribution in [3.63, 3.8) is 0 Å². The van der Waals surface area contributed by atoms with Crippen LogP contribution in [0.4, 0.5) is 0 Å². The van der Waals surface area contributed by atoms with Crippen molar-refractivity contribution in [1.29, 1.82) is 0 Å². The Kier molecular flexibility index (Phi) is 5.12. The minimum atomic E-state index is 0.364. The highest BCUT2D eigenvalue weighted by Crippen LogP contribution is 2.31. The molecule has 2 fully saturated rings. The minimum absolute atomic E-state index is 0.364. The maximum atomic E-state index is 5.76. The van der Waals surface area contributed by atoms with Gasteiger partial charge in [0.1, 0.15) is 6.26 Å². The van der Waals surface area contributed by atoms with Crippen LogP contribution in [0.1, 0.15) is 94.2 Å². The summed E-state index contributed by atoms with van der Waals surface area (Å²) in [6, 6.07) is 0.364. The van der Waals surface area contributed by atoms with Crippen LogP contribution >= 0.6 is 0 Å². The van der Waals surface area contributed by atoms with E-state index in [0.717, 1.165) is 12.4 Å². The lowest BCUT2D eigenvalue weighted by Gasteiger charge is -2.16. The van der Waals surface area contributed by atoms with Crippen LogP contribution in [0.15, 0.2) is 10.7 Å². The largest absolute Gasteiger partial charge is 0.447 e. The number of aromatic nitrogens is 1. The van der Waals surface area contributed by atoms with Gasteiger partial charge in [0.25, 0.3) is 0 Å². The fraction of sp³-hybridized carbons (Fsp3) is 0.824. The number of hydrogen-bond donors (Lipinski definition) is 1. The van der Waals surface area contributed by atoms with Crippen molar-refractivity contribution in [3.05, 3.63) is 17.8 Å². The summed E-state index contributed by atoms with van der Waals surface area (Å²) in [5, 5.41) is 3.47. The number of nitrogens with one attached hydrogen (secondary N) is 1. The molecule has 0 radical (unpaired) electrons. The van der Waals surface area contributed by atoms with E-state index in [4.69, 9.17) is 9.40 Å². The van der Waals surface area contributed by atoms with E-state index in [1.807, 2.05) is 6.26 Å². The molecule has 3 rings (SSSR count). The summed E-state index contributed by atoms with van der Waals surface area (Å²) in [5.74, 6) is 1.56. The Morgan fingerprint density at radius 2 is 1.60 bits per heavy atom. The van der Waals surface area contributed by atoms with Crippen molar-refractivity contribution in [2.75, 3.05) is 6.54 Å². The van der Waals surface area contributed by atoms with E-state index in [0.29, 0.717) is 12.0 Å². The van der Waals surface area contributed by atoms with E-state index >= 15 is 0 Å². The second kappa shape index (κ2) is 7.26. The maximum Gasteiger partial charge on any atom is 0.211 e. The zero-order valence-electron chi connectivity index (χ0n) is 12.6. The summed E-state index contributed by atoms with van der Waals surface area (Å²) >= 11 is 0. The predicted molar refractivity (Wildman–Crippen MR) is 80.8 cm³/mol. The van der Waals surface area contributed by atoms with Crippen LogP contribution in [0, 0.1) is 0 Å². The van der Waals surface area contributed by atoms with Crippen LogP contribution in [-0.4, -0.2) is 11.5 Å². The first kappa shape index (κ1) is 14.1. The first-order valence-corrected chi connectivity index (χ1v) is 8.62. The molecular formula is C17H28N2O. The minimum Gasteiger partial charge on any atom is -0.447 e. The Bertz CT molecular complexity index is 385. The van der Waals surface area contributed by atoms with Gasteiger partial charge in [-0.25, -0.2) is 4.98 Å². The molecule has 1 unspecified atom stereocenters. The monoisotopic (exact) mass is 276 g/mol. The molecule has 3 nitrogen and oxygen atoms in total. The van der Waals surface area contributed by atoms with E-state index in [1.165, 1.54) is 76.3 Å². The van der Waals surface area contributed by atoms with Crippen molar-refractivity contribution in [1.82, 2.24) is 10.3 Å². The summed E-state index contributed by atoms with van der Waals surface area (Å²) in [4.78, 5) is 4.81. The lowest BCUT2D eigenvalue weighted by molar-refractivity contribution is 0.429. The normalized spacial score (nSPS) is 26.7. The Balaban J connectivity index is 1.62. The van der Waals surface area contributed by atoms with Crippen LogP contribution in [0.3, 0.4) is 0 Å². The molecular weight excluding hydrogens is 248 g/mol. The van der Waals surface area contributed by atoms with E-state index in [1.54, 1.807) is 0 Å². The molecule has 112 valence electrons. The van der Waals surface area contributed by atoms with Gasteiger partial charge in [-0.15, -0.1) is 0 Å². The predicted octanol–water partition coefficient (Wildman–Crippen LogP) is 4.71. The number of nitrogens with zero attached hydrogens (tertiary/aromatic N) is 1. The van der Waals surface area contributed by atoms with Gasteiger partial charge in [0, 0.05) is 5.92 Å². The Labute approximate surface area is 122 Å². The first-order chi connectivity index (χ1) is 9.93. The van der Waals surface area contributed by atoms with Crippen LogP contribution in [0.2, 0.25) is 0 Å². The van der Waals surface area contributed by atoms with Crippen LogP contribution in [-0.2, 0) is 0 Å². The van der Waals surface area contributed by atoms with Crippen molar-refractivity contribution in [2.24, 2.45) is 0 Å². The molecule has 1 aromatic heterocycles. The van der Waals surface area contributed by atoms with E-state index in [9.17, 15) is 0 Å². The smallest absolute Gasteiger partial charge is 0.211 e. The van der Waals surface area contributed by atoms with E-state index in [2.05, 4.69) is 5.32 Å². The van der Waals surface area contributed by atoms with Crippen molar-refractivity contribution in [3.8, 4) is 0 Å². The van der Waals surface area contributed by atoms with Gasteiger partial charge in [0.15, 0.2) is 0 Å². The van der Waals surface area contributed by atoms with Gasteiger partial charge in [0.2, 0.25) is 5.89 Å². The molecule has 1 aliphatic carbocycles. The third-order valence-electron chi connectivity index (χ3n) is 4.92. The molecule has 1 aliphatic heterocycles. The summed E-state index contributed by atoms with van der Waals surface area (Å²) in [7, 11) is 0. The molecule has 0 spiro atoms. The average Bonchev–Trinajstić information content (AvgIpc) is 3.15. The molecule has 1 saturated carbocycles. The molecule has 3 heteroatoms. The Hall–Kier alpha value is -0.830. The lowest BCUT2D eigenvalue weighted by Crippen LogP contribution is -2.13. The third kappa shape index (κ3) is 3.63.